The Morgan fingerprint density at radius 3 is 2.63 bits per heavy atom. The summed E-state index contributed by atoms with van der Waals surface area (Å²) >= 11 is 0. The maximum atomic E-state index is 14.4. The number of hydrogen-bond acceptors (Lipinski definition) is 8. The summed E-state index contributed by atoms with van der Waals surface area (Å²) in [6, 6.07) is 9.20. The molecule has 2 amide bonds. The van der Waals surface area contributed by atoms with Crippen molar-refractivity contribution in [3.63, 3.8) is 0 Å². The number of halogens is 1. The average molecular weight is 564 g/mol. The molecule has 11 nitrogen and oxygen atoms in total. The number of nitrogens with zero attached hydrogens (tertiary/aromatic N) is 5. The van der Waals surface area contributed by atoms with E-state index < -0.39 is 23.1 Å². The third-order valence-electron chi connectivity index (χ3n) is 7.75. The fraction of sp³-hybridized carbons (Fsp3) is 0.483. The second kappa shape index (κ2) is 11.1. The van der Waals surface area contributed by atoms with Gasteiger partial charge in [-0.05, 0) is 57.9 Å². The fourth-order valence-electron chi connectivity index (χ4n) is 5.04. The van der Waals surface area contributed by atoms with E-state index in [2.05, 4.69) is 26.8 Å². The summed E-state index contributed by atoms with van der Waals surface area (Å²) in [5, 5.41) is 29.5. The van der Waals surface area contributed by atoms with E-state index in [1.165, 1.54) is 26.2 Å². The van der Waals surface area contributed by atoms with Gasteiger partial charge in [0.15, 0.2) is 0 Å². The quantitative estimate of drug-likeness (QED) is 0.379. The first-order chi connectivity index (χ1) is 19.5. The molecule has 216 valence electrons. The van der Waals surface area contributed by atoms with Gasteiger partial charge in [-0.3, -0.25) is 14.6 Å². The minimum Gasteiger partial charge on any atom is -0.387 e. The van der Waals surface area contributed by atoms with Crippen molar-refractivity contribution in [3.8, 4) is 17.5 Å². The zero-order valence-corrected chi connectivity index (χ0v) is 23.4. The minimum atomic E-state index is -1.66. The van der Waals surface area contributed by atoms with Crippen LogP contribution in [0.1, 0.15) is 49.5 Å². The molecule has 3 N–H and O–H groups in total. The summed E-state index contributed by atoms with van der Waals surface area (Å²) in [7, 11) is 0. The number of piperidine rings is 1. The summed E-state index contributed by atoms with van der Waals surface area (Å²) in [6.07, 6.45) is 2.61. The van der Waals surface area contributed by atoms with Crippen molar-refractivity contribution in [1.82, 2.24) is 24.8 Å². The van der Waals surface area contributed by atoms with E-state index in [-0.39, 0.29) is 24.1 Å². The molecule has 5 rings (SSSR count). The van der Waals surface area contributed by atoms with Crippen LogP contribution in [0.2, 0.25) is 0 Å². The van der Waals surface area contributed by atoms with Gasteiger partial charge in [-0.15, -0.1) is 0 Å². The maximum Gasteiger partial charge on any atom is 0.255 e. The molecule has 2 aliphatic rings. The van der Waals surface area contributed by atoms with Crippen LogP contribution in [0.5, 0.6) is 0 Å². The van der Waals surface area contributed by atoms with Gasteiger partial charge in [-0.25, -0.2) is 8.91 Å². The van der Waals surface area contributed by atoms with Gasteiger partial charge in [0.1, 0.15) is 12.2 Å². The second-order valence-electron chi connectivity index (χ2n) is 11.6. The average Bonchev–Trinajstić information content (AvgIpc) is 3.37. The topological polar surface area (TPSA) is 145 Å². The van der Waals surface area contributed by atoms with Gasteiger partial charge in [0.25, 0.3) is 5.91 Å². The third kappa shape index (κ3) is 5.87. The lowest BCUT2D eigenvalue weighted by atomic mass is 9.86. The zero-order chi connectivity index (χ0) is 29.4. The first-order valence-corrected chi connectivity index (χ1v) is 13.6. The third-order valence-corrected chi connectivity index (χ3v) is 7.75. The molecule has 2 saturated heterocycles. The monoisotopic (exact) mass is 563 g/mol. The van der Waals surface area contributed by atoms with E-state index in [0.717, 1.165) is 5.52 Å². The molecule has 1 atom stereocenters. The van der Waals surface area contributed by atoms with Gasteiger partial charge in [0.2, 0.25) is 5.91 Å². The highest BCUT2D eigenvalue weighted by molar-refractivity contribution is 6.00. The molecule has 0 radical (unpaired) electrons. The van der Waals surface area contributed by atoms with E-state index in [1.54, 1.807) is 16.6 Å². The van der Waals surface area contributed by atoms with E-state index in [1.807, 2.05) is 24.0 Å². The van der Waals surface area contributed by atoms with Gasteiger partial charge >= 0.3 is 0 Å². The number of pyridine rings is 1. The van der Waals surface area contributed by atoms with Crippen LogP contribution in [0.4, 0.5) is 10.1 Å². The second-order valence-corrected chi connectivity index (χ2v) is 11.6. The Balaban J connectivity index is 1.38. The molecule has 0 saturated carbocycles. The van der Waals surface area contributed by atoms with Crippen molar-refractivity contribution in [2.45, 2.75) is 51.4 Å². The lowest BCUT2D eigenvalue weighted by Crippen LogP contribution is -2.55. The molecule has 12 heteroatoms. The molecule has 0 aromatic carbocycles. The lowest BCUT2D eigenvalue weighted by Gasteiger charge is -2.42. The highest BCUT2D eigenvalue weighted by atomic mass is 19.1. The lowest BCUT2D eigenvalue weighted by molar-refractivity contribution is -0.169. The SMILES string of the molecule is CC1(C(=O)N2CCC(Nc3cc(-c4ccc5cc(C#N)cnn45)ncc3C(=O)NCC(F)C(C)(C)O)CC2)COC1. The molecule has 2 aliphatic heterocycles. The number of carbonyl (C=O) groups excluding carboxylic acids is 2. The standard InChI is InChI=1S/C29H34FN7O4/c1-28(2,40)25(30)15-33-26(38)21-14-32-23(24-5-4-20-10-18(12-31)13-34-37(20)24)11-22(21)35-19-6-8-36(9-7-19)27(39)29(3)16-41-17-29/h4-5,10-11,13-14,19,25,40H,6-9,15-17H2,1-3H3,(H,32,35)(H,33,38). The van der Waals surface area contributed by atoms with E-state index in [9.17, 15) is 24.3 Å². The van der Waals surface area contributed by atoms with Crippen molar-refractivity contribution in [1.29, 1.82) is 5.26 Å². The molecule has 0 aliphatic carbocycles. The van der Waals surface area contributed by atoms with Crippen LogP contribution < -0.4 is 10.6 Å². The van der Waals surface area contributed by atoms with Crippen LogP contribution in [0.3, 0.4) is 0 Å². The summed E-state index contributed by atoms with van der Waals surface area (Å²) in [5.74, 6) is -0.422. The number of likely N-dealkylation sites (tertiary alicyclic amines) is 1. The number of ether oxygens (including phenoxy) is 1. The molecule has 0 bridgehead atoms. The number of carbonyl (C=O) groups is 2. The van der Waals surface area contributed by atoms with E-state index in [4.69, 9.17) is 4.74 Å². The Morgan fingerprint density at radius 2 is 2.00 bits per heavy atom. The fourth-order valence-corrected chi connectivity index (χ4v) is 5.04. The molecule has 1 unspecified atom stereocenters. The molecule has 41 heavy (non-hydrogen) atoms. The van der Waals surface area contributed by atoms with Gasteiger partial charge in [-0.2, -0.15) is 10.4 Å². The summed E-state index contributed by atoms with van der Waals surface area (Å²) < 4.78 is 21.3. The normalized spacial score (nSPS) is 17.9. The maximum absolute atomic E-state index is 14.4. The predicted molar refractivity (Wildman–Crippen MR) is 149 cm³/mol. The van der Waals surface area contributed by atoms with Crippen molar-refractivity contribution in [2.24, 2.45) is 5.41 Å². The van der Waals surface area contributed by atoms with Crippen LogP contribution in [0.15, 0.2) is 36.7 Å². The molecule has 2 fully saturated rings. The minimum absolute atomic E-state index is 0.0167. The van der Waals surface area contributed by atoms with Crippen molar-refractivity contribution in [3.05, 3.63) is 47.8 Å². The van der Waals surface area contributed by atoms with E-state index in [0.29, 0.717) is 61.8 Å². The van der Waals surface area contributed by atoms with Crippen LogP contribution in [-0.4, -0.2) is 87.1 Å². The summed E-state index contributed by atoms with van der Waals surface area (Å²) in [4.78, 5) is 32.5. The molecular formula is C29H34FN7O4. The molecule has 0 spiro atoms. The van der Waals surface area contributed by atoms with Crippen molar-refractivity contribution < 1.29 is 23.8 Å². The molecule has 3 aromatic heterocycles. The number of rotatable bonds is 8. The molecule has 3 aromatic rings. The van der Waals surface area contributed by atoms with Crippen LogP contribution in [0.25, 0.3) is 16.9 Å². The van der Waals surface area contributed by atoms with Crippen molar-refractivity contribution in [2.75, 3.05) is 38.2 Å². The highest BCUT2D eigenvalue weighted by Gasteiger charge is 2.44. The zero-order valence-electron chi connectivity index (χ0n) is 23.4. The largest absolute Gasteiger partial charge is 0.387 e. The Kier molecular flexibility index (Phi) is 7.68. The van der Waals surface area contributed by atoms with Crippen LogP contribution in [-0.2, 0) is 9.53 Å². The summed E-state index contributed by atoms with van der Waals surface area (Å²) in [5.41, 5.74) is 1.07. The number of fused-ring (bicyclic) bond motifs is 1. The first kappa shape index (κ1) is 28.4. The predicted octanol–water partition coefficient (Wildman–Crippen LogP) is 2.55. The van der Waals surface area contributed by atoms with Crippen molar-refractivity contribution >= 4 is 23.0 Å². The first-order valence-electron chi connectivity index (χ1n) is 13.6. The number of hydrogen-bond donors (Lipinski definition) is 3. The Labute approximate surface area is 237 Å². The Morgan fingerprint density at radius 1 is 1.27 bits per heavy atom. The Hall–Kier alpha value is -4.08. The number of alkyl halides is 1. The number of aliphatic hydroxyl groups is 1. The van der Waals surface area contributed by atoms with Gasteiger partial charge in [-0.1, -0.05) is 0 Å². The van der Waals surface area contributed by atoms with Gasteiger partial charge < -0.3 is 25.4 Å². The molecule has 5 heterocycles. The smallest absolute Gasteiger partial charge is 0.255 e. The van der Waals surface area contributed by atoms with Gasteiger partial charge in [0.05, 0.1) is 70.7 Å². The number of amides is 2. The van der Waals surface area contributed by atoms with Gasteiger partial charge in [0, 0.05) is 25.3 Å². The number of anilines is 1. The number of nitriles is 1. The van der Waals surface area contributed by atoms with Crippen LogP contribution in [0, 0.1) is 16.7 Å². The Bertz CT molecular complexity index is 1500. The molecular weight excluding hydrogens is 529 g/mol. The summed E-state index contributed by atoms with van der Waals surface area (Å²) in [6.45, 7) is 6.29. The van der Waals surface area contributed by atoms with Crippen LogP contribution >= 0.6 is 0 Å². The highest BCUT2D eigenvalue weighted by Crippen LogP contribution is 2.31. The number of aromatic nitrogens is 3. The number of nitrogens with one attached hydrogen (secondary N) is 2. The van der Waals surface area contributed by atoms with E-state index >= 15 is 0 Å².